The van der Waals surface area contributed by atoms with Crippen molar-refractivity contribution in [1.29, 1.82) is 0 Å². The van der Waals surface area contributed by atoms with Gasteiger partial charge < -0.3 is 10.2 Å². The molecular weight excluding hydrogens is 368 g/mol. The van der Waals surface area contributed by atoms with E-state index in [0.717, 1.165) is 35.7 Å². The number of rotatable bonds is 5. The van der Waals surface area contributed by atoms with Gasteiger partial charge in [-0.25, -0.2) is 14.5 Å². The number of amides is 1. The summed E-state index contributed by atoms with van der Waals surface area (Å²) in [7, 11) is 0. The highest BCUT2D eigenvalue weighted by Gasteiger charge is 2.14. The smallest absolute Gasteiger partial charge is 0.266 e. The number of pyridine rings is 1. The quantitative estimate of drug-likeness (QED) is 0.694. The maximum atomic E-state index is 12.4. The maximum absolute atomic E-state index is 12.4. The van der Waals surface area contributed by atoms with E-state index in [4.69, 9.17) is 0 Å². The second-order valence-electron chi connectivity index (χ2n) is 7.57. The fourth-order valence-corrected chi connectivity index (χ4v) is 3.96. The summed E-state index contributed by atoms with van der Waals surface area (Å²) in [6.45, 7) is 5.96. The largest absolute Gasteiger partial charge is 0.370 e. The normalized spacial score (nSPS) is 14.3. The number of nitrogens with zero attached hydrogens (tertiary/aromatic N) is 4. The molecule has 8 nitrogen and oxygen atoms in total. The Morgan fingerprint density at radius 1 is 1.21 bits per heavy atom. The van der Waals surface area contributed by atoms with Crippen molar-refractivity contribution in [3.05, 3.63) is 51.7 Å². The van der Waals surface area contributed by atoms with Crippen LogP contribution in [0, 0.1) is 13.8 Å². The average molecular weight is 394 g/mol. The van der Waals surface area contributed by atoms with Gasteiger partial charge in [-0.2, -0.15) is 0 Å². The molecule has 0 saturated carbocycles. The molecule has 3 aromatic rings. The highest BCUT2D eigenvalue weighted by atomic mass is 16.1. The number of hydrogen-bond acceptors (Lipinski definition) is 5. The van der Waals surface area contributed by atoms with Crippen LogP contribution in [0.15, 0.2) is 29.2 Å². The Labute approximate surface area is 169 Å². The van der Waals surface area contributed by atoms with Gasteiger partial charge in [-0.05, 0) is 57.2 Å². The monoisotopic (exact) mass is 394 g/mol. The van der Waals surface area contributed by atoms with Gasteiger partial charge in [0, 0.05) is 37.0 Å². The van der Waals surface area contributed by atoms with E-state index in [2.05, 4.69) is 25.3 Å². The van der Waals surface area contributed by atoms with Crippen molar-refractivity contribution in [2.75, 3.05) is 23.3 Å². The van der Waals surface area contributed by atoms with Crippen LogP contribution in [0.25, 0.3) is 5.65 Å². The summed E-state index contributed by atoms with van der Waals surface area (Å²) < 4.78 is 1.67. The summed E-state index contributed by atoms with van der Waals surface area (Å²) in [5.74, 6) is 0.468. The fourth-order valence-electron chi connectivity index (χ4n) is 3.96. The number of H-pyrrole nitrogens is 1. The summed E-state index contributed by atoms with van der Waals surface area (Å²) in [6, 6.07) is 5.34. The predicted octanol–water partition coefficient (Wildman–Crippen LogP) is 2.60. The molecule has 0 unspecified atom stereocenters. The van der Waals surface area contributed by atoms with E-state index in [0.29, 0.717) is 24.3 Å². The Kier molecular flexibility index (Phi) is 5.33. The zero-order chi connectivity index (χ0) is 20.4. The molecule has 0 radical (unpaired) electrons. The van der Waals surface area contributed by atoms with Crippen molar-refractivity contribution in [2.24, 2.45) is 0 Å². The summed E-state index contributed by atoms with van der Waals surface area (Å²) >= 11 is 0. The molecule has 0 aliphatic carbocycles. The Balaban J connectivity index is 1.39. The van der Waals surface area contributed by atoms with E-state index >= 15 is 0 Å². The molecule has 152 valence electrons. The van der Waals surface area contributed by atoms with E-state index in [1.54, 1.807) is 4.52 Å². The minimum absolute atomic E-state index is 0.0943. The number of carbonyl (C=O) groups excluding carboxylic acids is 1. The van der Waals surface area contributed by atoms with Crippen molar-refractivity contribution in [3.8, 4) is 0 Å². The number of carbonyl (C=O) groups is 1. The van der Waals surface area contributed by atoms with Crippen LogP contribution in [0.2, 0.25) is 0 Å². The second kappa shape index (κ2) is 8.06. The van der Waals surface area contributed by atoms with Gasteiger partial charge in [0.2, 0.25) is 5.91 Å². The van der Waals surface area contributed by atoms with Gasteiger partial charge in [-0.3, -0.25) is 14.7 Å². The first-order valence-electron chi connectivity index (χ1n) is 10.1. The van der Waals surface area contributed by atoms with Crippen LogP contribution in [0.5, 0.6) is 0 Å². The lowest BCUT2D eigenvalue weighted by Crippen LogP contribution is -2.29. The minimum atomic E-state index is -0.186. The lowest BCUT2D eigenvalue weighted by molar-refractivity contribution is -0.116. The molecule has 1 amide bonds. The SMILES string of the molecule is Cc1nc2cc(=O)[nH]n2c(C)c1CCC(=O)Nc1ccc(N2CCCCC2)cn1. The molecule has 4 heterocycles. The Hall–Kier alpha value is -3.16. The van der Waals surface area contributed by atoms with Crippen LogP contribution >= 0.6 is 0 Å². The second-order valence-corrected chi connectivity index (χ2v) is 7.57. The number of anilines is 2. The van der Waals surface area contributed by atoms with Crippen LogP contribution in [-0.4, -0.2) is 38.6 Å². The van der Waals surface area contributed by atoms with E-state index in [9.17, 15) is 9.59 Å². The Bertz CT molecular complexity index is 1080. The third kappa shape index (κ3) is 4.16. The predicted molar refractivity (Wildman–Crippen MR) is 113 cm³/mol. The molecular formula is C21H26N6O2. The molecule has 1 fully saturated rings. The topological polar surface area (TPSA) is 95.4 Å². The van der Waals surface area contributed by atoms with Gasteiger partial charge in [-0.15, -0.1) is 0 Å². The Morgan fingerprint density at radius 2 is 2.00 bits per heavy atom. The van der Waals surface area contributed by atoms with Gasteiger partial charge in [0.15, 0.2) is 5.65 Å². The van der Waals surface area contributed by atoms with E-state index in [1.165, 1.54) is 25.3 Å². The maximum Gasteiger partial charge on any atom is 0.266 e. The van der Waals surface area contributed by atoms with Gasteiger partial charge in [0.25, 0.3) is 5.56 Å². The van der Waals surface area contributed by atoms with Crippen molar-refractivity contribution >= 4 is 23.1 Å². The molecule has 1 saturated heterocycles. The molecule has 29 heavy (non-hydrogen) atoms. The lowest BCUT2D eigenvalue weighted by atomic mass is 10.1. The zero-order valence-corrected chi connectivity index (χ0v) is 16.9. The minimum Gasteiger partial charge on any atom is -0.370 e. The summed E-state index contributed by atoms with van der Waals surface area (Å²) in [6.07, 6.45) is 6.41. The highest BCUT2D eigenvalue weighted by Crippen LogP contribution is 2.20. The molecule has 0 spiro atoms. The van der Waals surface area contributed by atoms with E-state index < -0.39 is 0 Å². The van der Waals surface area contributed by atoms with Crippen molar-refractivity contribution in [1.82, 2.24) is 19.6 Å². The number of hydrogen-bond donors (Lipinski definition) is 2. The number of aryl methyl sites for hydroxylation is 2. The van der Waals surface area contributed by atoms with E-state index in [1.807, 2.05) is 32.2 Å². The molecule has 1 aliphatic rings. The van der Waals surface area contributed by atoms with Crippen molar-refractivity contribution < 1.29 is 4.79 Å². The first-order chi connectivity index (χ1) is 14.0. The van der Waals surface area contributed by atoms with Gasteiger partial charge in [0.05, 0.1) is 11.9 Å². The average Bonchev–Trinajstić information content (AvgIpc) is 3.09. The van der Waals surface area contributed by atoms with Crippen molar-refractivity contribution in [2.45, 2.75) is 46.0 Å². The third-order valence-electron chi connectivity index (χ3n) is 5.54. The standard InChI is InChI=1S/C21H26N6O2/c1-14-17(15(2)27-19(23-14)12-21(29)25-27)7-9-20(28)24-18-8-6-16(13-22-18)26-10-4-3-5-11-26/h6,8,12-13H,3-5,7,9-11H2,1-2H3,(H,25,29)(H,22,24,28). The molecule has 0 aromatic carbocycles. The molecule has 1 aliphatic heterocycles. The Morgan fingerprint density at radius 3 is 2.72 bits per heavy atom. The van der Waals surface area contributed by atoms with Gasteiger partial charge in [0.1, 0.15) is 5.82 Å². The van der Waals surface area contributed by atoms with Crippen LogP contribution < -0.4 is 15.8 Å². The molecule has 8 heteroatoms. The summed E-state index contributed by atoms with van der Waals surface area (Å²) in [5, 5.41) is 5.61. The number of aromatic nitrogens is 4. The lowest BCUT2D eigenvalue weighted by Gasteiger charge is -2.28. The summed E-state index contributed by atoms with van der Waals surface area (Å²) in [4.78, 5) is 35.2. The van der Waals surface area contributed by atoms with Crippen LogP contribution in [0.1, 0.15) is 42.6 Å². The van der Waals surface area contributed by atoms with E-state index in [-0.39, 0.29) is 11.5 Å². The van der Waals surface area contributed by atoms with Crippen LogP contribution in [-0.2, 0) is 11.2 Å². The highest BCUT2D eigenvalue weighted by molar-refractivity contribution is 5.90. The molecule has 0 atom stereocenters. The summed E-state index contributed by atoms with van der Waals surface area (Å²) in [5.41, 5.74) is 4.21. The zero-order valence-electron chi connectivity index (χ0n) is 16.9. The number of fused-ring (bicyclic) bond motifs is 1. The van der Waals surface area contributed by atoms with Crippen molar-refractivity contribution in [3.63, 3.8) is 0 Å². The molecule has 2 N–H and O–H groups in total. The van der Waals surface area contributed by atoms with Gasteiger partial charge in [-0.1, -0.05) is 0 Å². The number of nitrogens with one attached hydrogen (secondary N) is 2. The van der Waals surface area contributed by atoms with Crippen LogP contribution in [0.4, 0.5) is 11.5 Å². The third-order valence-corrected chi connectivity index (χ3v) is 5.54. The fraction of sp³-hybridized carbons (Fsp3) is 0.429. The first-order valence-corrected chi connectivity index (χ1v) is 10.1. The van der Waals surface area contributed by atoms with Gasteiger partial charge >= 0.3 is 0 Å². The number of aromatic amines is 1. The molecule has 0 bridgehead atoms. The van der Waals surface area contributed by atoms with Crippen LogP contribution in [0.3, 0.4) is 0 Å². The first kappa shape index (κ1) is 19.2. The molecule has 3 aromatic heterocycles. The number of piperidine rings is 1. The molecule has 4 rings (SSSR count).